The minimum Gasteiger partial charge on any atom is -0.392 e. The Morgan fingerprint density at radius 1 is 1.28 bits per heavy atom. The molecule has 5 heteroatoms. The van der Waals surface area contributed by atoms with E-state index >= 15 is 0 Å². The summed E-state index contributed by atoms with van der Waals surface area (Å²) in [5, 5.41) is 3.01. The molecule has 0 aromatic rings. The standard InChI is InChI=1S/C13H23N3OS/c14-12(18)9-16(10-5-1-2-6-10)11-7-3-4-8-15-13(11)17/h10-11H,1-9H2,(H2,14,18)(H,15,17). The van der Waals surface area contributed by atoms with Crippen molar-refractivity contribution in [3.05, 3.63) is 0 Å². The van der Waals surface area contributed by atoms with E-state index in [0.717, 1.165) is 25.8 Å². The van der Waals surface area contributed by atoms with Gasteiger partial charge in [-0.25, -0.2) is 0 Å². The monoisotopic (exact) mass is 269 g/mol. The Hall–Kier alpha value is -0.680. The number of carbonyl (C=O) groups is 1. The van der Waals surface area contributed by atoms with Crippen molar-refractivity contribution in [3.63, 3.8) is 0 Å². The first-order valence-corrected chi connectivity index (χ1v) is 7.41. The normalized spacial score (nSPS) is 26.1. The lowest BCUT2D eigenvalue weighted by Gasteiger charge is -2.34. The predicted molar refractivity (Wildman–Crippen MR) is 76.4 cm³/mol. The molecular weight excluding hydrogens is 246 g/mol. The minimum absolute atomic E-state index is 0.0305. The average Bonchev–Trinajstić information content (AvgIpc) is 2.76. The zero-order valence-electron chi connectivity index (χ0n) is 10.9. The number of nitrogens with zero attached hydrogens (tertiary/aromatic N) is 1. The van der Waals surface area contributed by atoms with Crippen LogP contribution in [0.3, 0.4) is 0 Å². The summed E-state index contributed by atoms with van der Waals surface area (Å²) in [5.74, 6) is 0.163. The molecule has 2 aliphatic rings. The van der Waals surface area contributed by atoms with Crippen LogP contribution in [0.2, 0.25) is 0 Å². The quantitative estimate of drug-likeness (QED) is 0.753. The molecule has 1 saturated carbocycles. The van der Waals surface area contributed by atoms with Gasteiger partial charge in [0.1, 0.15) is 0 Å². The number of hydrogen-bond donors (Lipinski definition) is 2. The Morgan fingerprint density at radius 2 is 1.94 bits per heavy atom. The smallest absolute Gasteiger partial charge is 0.237 e. The van der Waals surface area contributed by atoms with E-state index in [9.17, 15) is 4.79 Å². The number of rotatable bonds is 4. The molecular formula is C13H23N3OS. The second-order valence-corrected chi connectivity index (χ2v) is 5.90. The highest BCUT2D eigenvalue weighted by molar-refractivity contribution is 7.80. The number of amides is 1. The number of carbonyl (C=O) groups excluding carboxylic acids is 1. The molecule has 3 N–H and O–H groups in total. The molecule has 2 fully saturated rings. The lowest BCUT2D eigenvalue weighted by Crippen LogP contribution is -2.52. The molecule has 1 aliphatic carbocycles. The Morgan fingerprint density at radius 3 is 2.61 bits per heavy atom. The maximum absolute atomic E-state index is 12.2. The van der Waals surface area contributed by atoms with Crippen molar-refractivity contribution in [1.29, 1.82) is 0 Å². The van der Waals surface area contributed by atoms with Crippen LogP contribution in [-0.2, 0) is 4.79 Å². The second kappa shape index (κ2) is 6.48. The average molecular weight is 269 g/mol. The van der Waals surface area contributed by atoms with E-state index in [2.05, 4.69) is 10.2 Å². The molecule has 0 aromatic carbocycles. The molecule has 0 spiro atoms. The largest absolute Gasteiger partial charge is 0.392 e. The summed E-state index contributed by atoms with van der Waals surface area (Å²) in [6.07, 6.45) is 7.97. The molecule has 1 unspecified atom stereocenters. The zero-order chi connectivity index (χ0) is 13.0. The molecule has 102 valence electrons. The van der Waals surface area contributed by atoms with Crippen LogP contribution in [0.5, 0.6) is 0 Å². The molecule has 1 atom stereocenters. The first-order valence-electron chi connectivity index (χ1n) is 7.00. The van der Waals surface area contributed by atoms with Gasteiger partial charge in [-0.3, -0.25) is 9.69 Å². The lowest BCUT2D eigenvalue weighted by atomic mass is 10.1. The van der Waals surface area contributed by atoms with Gasteiger partial charge in [0.2, 0.25) is 5.91 Å². The van der Waals surface area contributed by atoms with E-state index in [4.69, 9.17) is 18.0 Å². The summed E-state index contributed by atoms with van der Waals surface area (Å²) >= 11 is 5.05. The van der Waals surface area contributed by atoms with Crippen molar-refractivity contribution in [1.82, 2.24) is 10.2 Å². The fourth-order valence-corrected chi connectivity index (χ4v) is 3.30. The highest BCUT2D eigenvalue weighted by Gasteiger charge is 2.33. The first kappa shape index (κ1) is 13.7. The van der Waals surface area contributed by atoms with Crippen LogP contribution in [0.25, 0.3) is 0 Å². The first-order chi connectivity index (χ1) is 8.68. The second-order valence-electron chi connectivity index (χ2n) is 5.38. The van der Waals surface area contributed by atoms with Crippen molar-refractivity contribution in [2.75, 3.05) is 13.1 Å². The van der Waals surface area contributed by atoms with E-state index in [0.29, 0.717) is 17.6 Å². The van der Waals surface area contributed by atoms with Gasteiger partial charge >= 0.3 is 0 Å². The van der Waals surface area contributed by atoms with Crippen LogP contribution in [0.15, 0.2) is 0 Å². The van der Waals surface area contributed by atoms with Gasteiger partial charge < -0.3 is 11.1 Å². The molecule has 0 aromatic heterocycles. The topological polar surface area (TPSA) is 58.4 Å². The van der Waals surface area contributed by atoms with Crippen molar-refractivity contribution in [3.8, 4) is 0 Å². The van der Waals surface area contributed by atoms with Crippen molar-refractivity contribution in [2.45, 2.75) is 57.0 Å². The molecule has 0 bridgehead atoms. The maximum atomic E-state index is 12.2. The van der Waals surface area contributed by atoms with Crippen molar-refractivity contribution >= 4 is 23.1 Å². The Kier molecular flexibility index (Phi) is 4.95. The molecule has 1 aliphatic heterocycles. The van der Waals surface area contributed by atoms with Gasteiger partial charge in [-0.2, -0.15) is 0 Å². The minimum atomic E-state index is -0.0305. The molecule has 1 amide bonds. The van der Waals surface area contributed by atoms with Crippen LogP contribution >= 0.6 is 12.2 Å². The summed E-state index contributed by atoms with van der Waals surface area (Å²) in [4.78, 5) is 14.9. The van der Waals surface area contributed by atoms with Crippen molar-refractivity contribution in [2.24, 2.45) is 5.73 Å². The number of hydrogen-bond acceptors (Lipinski definition) is 3. The van der Waals surface area contributed by atoms with Crippen LogP contribution in [0.4, 0.5) is 0 Å². The molecule has 18 heavy (non-hydrogen) atoms. The van der Waals surface area contributed by atoms with Gasteiger partial charge in [0.25, 0.3) is 0 Å². The van der Waals surface area contributed by atoms with Gasteiger partial charge in [-0.05, 0) is 32.1 Å². The van der Waals surface area contributed by atoms with E-state index in [1.165, 1.54) is 25.7 Å². The van der Waals surface area contributed by atoms with E-state index in [-0.39, 0.29) is 11.9 Å². The van der Waals surface area contributed by atoms with Gasteiger partial charge in [-0.1, -0.05) is 25.1 Å². The number of thiocarbonyl (C=S) groups is 1. The highest BCUT2D eigenvalue weighted by Crippen LogP contribution is 2.27. The summed E-state index contributed by atoms with van der Waals surface area (Å²) in [7, 11) is 0. The molecule has 0 radical (unpaired) electrons. The third kappa shape index (κ3) is 3.42. The van der Waals surface area contributed by atoms with Crippen LogP contribution in [0, 0.1) is 0 Å². The van der Waals surface area contributed by atoms with E-state index in [1.54, 1.807) is 0 Å². The maximum Gasteiger partial charge on any atom is 0.237 e. The van der Waals surface area contributed by atoms with Crippen LogP contribution in [0.1, 0.15) is 44.9 Å². The lowest BCUT2D eigenvalue weighted by molar-refractivity contribution is -0.126. The fourth-order valence-electron chi connectivity index (χ4n) is 3.15. The van der Waals surface area contributed by atoms with Gasteiger partial charge in [0.15, 0.2) is 0 Å². The highest BCUT2D eigenvalue weighted by atomic mass is 32.1. The van der Waals surface area contributed by atoms with Gasteiger partial charge in [0, 0.05) is 19.1 Å². The Balaban J connectivity index is 2.09. The van der Waals surface area contributed by atoms with Gasteiger partial charge in [-0.15, -0.1) is 0 Å². The third-order valence-corrected chi connectivity index (χ3v) is 4.17. The zero-order valence-corrected chi connectivity index (χ0v) is 11.7. The van der Waals surface area contributed by atoms with Crippen LogP contribution < -0.4 is 11.1 Å². The molecule has 4 nitrogen and oxygen atoms in total. The van der Waals surface area contributed by atoms with Crippen LogP contribution in [-0.4, -0.2) is 41.0 Å². The third-order valence-electron chi connectivity index (χ3n) is 4.04. The summed E-state index contributed by atoms with van der Waals surface area (Å²) in [6.45, 7) is 1.39. The summed E-state index contributed by atoms with van der Waals surface area (Å²) < 4.78 is 0. The molecule has 2 rings (SSSR count). The van der Waals surface area contributed by atoms with Crippen molar-refractivity contribution < 1.29 is 4.79 Å². The van der Waals surface area contributed by atoms with E-state index in [1.807, 2.05) is 0 Å². The Labute approximate surface area is 114 Å². The van der Waals surface area contributed by atoms with Gasteiger partial charge in [0.05, 0.1) is 11.0 Å². The molecule has 1 saturated heterocycles. The molecule has 1 heterocycles. The number of nitrogens with two attached hydrogens (primary N) is 1. The Bertz CT molecular complexity index is 315. The van der Waals surface area contributed by atoms with E-state index < -0.39 is 0 Å². The summed E-state index contributed by atoms with van der Waals surface area (Å²) in [6, 6.07) is 0.456. The summed E-state index contributed by atoms with van der Waals surface area (Å²) in [5.41, 5.74) is 5.71. The SMILES string of the molecule is NC(=S)CN(C1CCCC1)C1CCCCNC1=O. The fraction of sp³-hybridized carbons (Fsp3) is 0.846. The number of nitrogens with one attached hydrogen (secondary N) is 1. The predicted octanol–water partition coefficient (Wildman–Crippen LogP) is 1.19.